The van der Waals surface area contributed by atoms with Crippen molar-refractivity contribution in [1.29, 1.82) is 0 Å². The molecule has 0 aromatic heterocycles. The Morgan fingerprint density at radius 3 is 2.52 bits per heavy atom. The number of carbonyl (C=O) groups excluding carboxylic acids is 2. The number of carbonyl (C=O) groups is 2. The fourth-order valence-corrected chi connectivity index (χ4v) is 3.68. The predicted octanol–water partition coefficient (Wildman–Crippen LogP) is 3.23. The maximum Gasteiger partial charge on any atom is 0.317 e. The van der Waals surface area contributed by atoms with Gasteiger partial charge in [0.15, 0.2) is 17.3 Å². The first-order valence-electron chi connectivity index (χ1n) is 9.73. The van der Waals surface area contributed by atoms with Gasteiger partial charge in [-0.15, -0.1) is 0 Å². The monoisotopic (exact) mass is 396 g/mol. The van der Waals surface area contributed by atoms with Crippen molar-refractivity contribution in [3.05, 3.63) is 53.6 Å². The molecule has 7 nitrogen and oxygen atoms in total. The average Bonchev–Trinajstić information content (AvgIpc) is 3.25. The molecule has 2 heterocycles. The van der Waals surface area contributed by atoms with Crippen LogP contribution in [-0.2, 0) is 6.54 Å². The third-order valence-corrected chi connectivity index (χ3v) is 5.41. The second-order valence-electron chi connectivity index (χ2n) is 7.20. The summed E-state index contributed by atoms with van der Waals surface area (Å²) in [6.07, 6.45) is 1.34. The van der Waals surface area contributed by atoms with Gasteiger partial charge in [0.05, 0.1) is 7.11 Å². The van der Waals surface area contributed by atoms with E-state index in [0.29, 0.717) is 43.8 Å². The lowest BCUT2D eigenvalue weighted by molar-refractivity contribution is 0.0854. The number of benzene rings is 2. The number of nitrogens with one attached hydrogen (secondary N) is 1. The van der Waals surface area contributed by atoms with Crippen LogP contribution in [0.3, 0.4) is 0 Å². The van der Waals surface area contributed by atoms with E-state index in [1.54, 1.807) is 36.3 Å². The van der Waals surface area contributed by atoms with Gasteiger partial charge in [0.1, 0.15) is 5.75 Å². The van der Waals surface area contributed by atoms with E-state index in [4.69, 9.17) is 14.2 Å². The fourth-order valence-electron chi connectivity index (χ4n) is 3.68. The predicted molar refractivity (Wildman–Crippen MR) is 106 cm³/mol. The molecule has 0 radical (unpaired) electrons. The number of methoxy groups -OCH3 is 1. The zero-order valence-electron chi connectivity index (χ0n) is 16.3. The average molecular weight is 396 g/mol. The number of likely N-dealkylation sites (tertiary alicyclic amines) is 1. The number of hydrogen-bond donors (Lipinski definition) is 1. The largest absolute Gasteiger partial charge is 0.497 e. The summed E-state index contributed by atoms with van der Waals surface area (Å²) < 4.78 is 15.8. The Morgan fingerprint density at radius 1 is 1.07 bits per heavy atom. The maximum atomic E-state index is 12.7. The molecule has 4 rings (SSSR count). The van der Waals surface area contributed by atoms with E-state index < -0.39 is 0 Å². The Hall–Kier alpha value is -3.22. The number of rotatable bonds is 5. The van der Waals surface area contributed by atoms with Gasteiger partial charge in [-0.3, -0.25) is 4.79 Å². The molecule has 1 N–H and O–H groups in total. The molecule has 2 aliphatic heterocycles. The van der Waals surface area contributed by atoms with Crippen molar-refractivity contribution in [2.24, 2.45) is 5.92 Å². The molecular formula is C22H24N2O5. The Morgan fingerprint density at radius 2 is 1.79 bits per heavy atom. The van der Waals surface area contributed by atoms with Crippen LogP contribution >= 0.6 is 0 Å². The molecule has 0 spiro atoms. The first kappa shape index (κ1) is 19.1. The van der Waals surface area contributed by atoms with Crippen LogP contribution < -0.4 is 19.5 Å². The Labute approximate surface area is 169 Å². The fraction of sp³-hybridized carbons (Fsp3) is 0.364. The molecule has 0 atom stereocenters. The first-order valence-corrected chi connectivity index (χ1v) is 9.73. The van der Waals surface area contributed by atoms with E-state index in [1.807, 2.05) is 18.2 Å². The maximum absolute atomic E-state index is 12.7. The van der Waals surface area contributed by atoms with Crippen molar-refractivity contribution in [1.82, 2.24) is 10.2 Å². The highest BCUT2D eigenvalue weighted by Gasteiger charge is 2.28. The second-order valence-corrected chi connectivity index (χ2v) is 7.20. The van der Waals surface area contributed by atoms with Crippen molar-refractivity contribution in [2.45, 2.75) is 19.4 Å². The summed E-state index contributed by atoms with van der Waals surface area (Å²) in [6, 6.07) is 12.7. The Kier molecular flexibility index (Phi) is 5.55. The molecular weight excluding hydrogens is 372 g/mol. The summed E-state index contributed by atoms with van der Waals surface area (Å²) in [4.78, 5) is 26.9. The third-order valence-electron chi connectivity index (χ3n) is 5.41. The topological polar surface area (TPSA) is 77.1 Å². The summed E-state index contributed by atoms with van der Waals surface area (Å²) in [5, 5.41) is 2.94. The molecule has 29 heavy (non-hydrogen) atoms. The number of piperidine rings is 1. The van der Waals surface area contributed by atoms with Gasteiger partial charge in [-0.2, -0.15) is 0 Å². The summed E-state index contributed by atoms with van der Waals surface area (Å²) >= 11 is 0. The van der Waals surface area contributed by atoms with Crippen molar-refractivity contribution in [2.75, 3.05) is 27.0 Å². The van der Waals surface area contributed by atoms with Gasteiger partial charge in [0.2, 0.25) is 6.79 Å². The summed E-state index contributed by atoms with van der Waals surface area (Å²) in [5.74, 6) is 2.24. The van der Waals surface area contributed by atoms with Gasteiger partial charge in [0, 0.05) is 31.1 Å². The Balaban J connectivity index is 1.26. The van der Waals surface area contributed by atoms with Gasteiger partial charge in [0.25, 0.3) is 0 Å². The smallest absolute Gasteiger partial charge is 0.317 e. The third kappa shape index (κ3) is 4.29. The highest BCUT2D eigenvalue weighted by Crippen LogP contribution is 2.32. The number of amides is 2. The second kappa shape index (κ2) is 8.43. The van der Waals surface area contributed by atoms with Crippen LogP contribution in [0.5, 0.6) is 17.2 Å². The minimum atomic E-state index is -0.113. The van der Waals surface area contributed by atoms with E-state index in [1.165, 1.54) is 0 Å². The van der Waals surface area contributed by atoms with Crippen LogP contribution in [0.15, 0.2) is 42.5 Å². The lowest BCUT2D eigenvalue weighted by Crippen LogP contribution is -2.45. The molecule has 0 aliphatic carbocycles. The highest BCUT2D eigenvalue weighted by molar-refractivity contribution is 5.98. The number of fused-ring (bicyclic) bond motifs is 1. The van der Waals surface area contributed by atoms with Crippen LogP contribution in [-0.4, -0.2) is 43.7 Å². The standard InChI is InChI=1S/C22H24N2O5/c1-27-18-5-3-16(4-6-18)21(25)17-8-10-24(11-9-17)22(26)23-13-15-2-7-19-20(12-15)29-14-28-19/h2-7,12,17H,8-11,13-14H2,1H3,(H,23,26). The van der Waals surface area contributed by atoms with E-state index >= 15 is 0 Å². The van der Waals surface area contributed by atoms with Gasteiger partial charge in [-0.05, 0) is 54.8 Å². The number of urea groups is 1. The lowest BCUT2D eigenvalue weighted by atomic mass is 9.89. The number of ether oxygens (including phenoxy) is 3. The van der Waals surface area contributed by atoms with Crippen molar-refractivity contribution < 1.29 is 23.8 Å². The molecule has 0 bridgehead atoms. The molecule has 2 amide bonds. The number of nitrogens with zero attached hydrogens (tertiary/aromatic N) is 1. The molecule has 152 valence electrons. The van der Waals surface area contributed by atoms with Gasteiger partial charge >= 0.3 is 6.03 Å². The minimum absolute atomic E-state index is 0.0543. The SMILES string of the molecule is COc1ccc(C(=O)C2CCN(C(=O)NCc3ccc4c(c3)OCO4)CC2)cc1. The quantitative estimate of drug-likeness (QED) is 0.786. The van der Waals surface area contributed by atoms with Crippen LogP contribution in [0.1, 0.15) is 28.8 Å². The first-order chi connectivity index (χ1) is 14.1. The van der Waals surface area contributed by atoms with E-state index in [0.717, 1.165) is 17.1 Å². The number of Topliss-reactive ketones (excluding diaryl/α,β-unsaturated/α-hetero) is 1. The molecule has 7 heteroatoms. The summed E-state index contributed by atoms with van der Waals surface area (Å²) in [6.45, 7) is 1.79. The molecule has 1 fully saturated rings. The highest BCUT2D eigenvalue weighted by atomic mass is 16.7. The molecule has 2 aromatic carbocycles. The van der Waals surface area contributed by atoms with Crippen LogP contribution in [0.2, 0.25) is 0 Å². The van der Waals surface area contributed by atoms with Crippen molar-refractivity contribution in [3.8, 4) is 17.2 Å². The van der Waals surface area contributed by atoms with Gasteiger partial charge in [-0.25, -0.2) is 4.79 Å². The van der Waals surface area contributed by atoms with Gasteiger partial charge < -0.3 is 24.4 Å². The van der Waals surface area contributed by atoms with E-state index in [-0.39, 0.29) is 24.5 Å². The lowest BCUT2D eigenvalue weighted by Gasteiger charge is -2.31. The van der Waals surface area contributed by atoms with Crippen LogP contribution in [0.4, 0.5) is 4.79 Å². The van der Waals surface area contributed by atoms with Crippen LogP contribution in [0.25, 0.3) is 0 Å². The van der Waals surface area contributed by atoms with Gasteiger partial charge in [-0.1, -0.05) is 6.07 Å². The summed E-state index contributed by atoms with van der Waals surface area (Å²) in [7, 11) is 1.60. The molecule has 0 saturated carbocycles. The van der Waals surface area contributed by atoms with Crippen LogP contribution in [0, 0.1) is 5.92 Å². The van der Waals surface area contributed by atoms with E-state index in [2.05, 4.69) is 5.32 Å². The minimum Gasteiger partial charge on any atom is -0.497 e. The molecule has 2 aromatic rings. The number of ketones is 1. The van der Waals surface area contributed by atoms with Crippen molar-refractivity contribution >= 4 is 11.8 Å². The van der Waals surface area contributed by atoms with E-state index in [9.17, 15) is 9.59 Å². The number of hydrogen-bond acceptors (Lipinski definition) is 5. The zero-order chi connectivity index (χ0) is 20.2. The molecule has 2 aliphatic rings. The normalized spacial score (nSPS) is 15.8. The molecule has 1 saturated heterocycles. The molecule has 0 unspecified atom stereocenters. The summed E-state index contributed by atoms with van der Waals surface area (Å²) in [5.41, 5.74) is 1.64. The Bertz CT molecular complexity index is 889. The van der Waals surface area contributed by atoms with Crippen molar-refractivity contribution in [3.63, 3.8) is 0 Å². The zero-order valence-corrected chi connectivity index (χ0v) is 16.3.